The third-order valence-corrected chi connectivity index (χ3v) is 5.77. The number of piperidine rings is 1. The third-order valence-electron chi connectivity index (χ3n) is 5.77. The molecule has 0 saturated carbocycles. The van der Waals surface area contributed by atoms with Crippen molar-refractivity contribution in [2.75, 3.05) is 13.1 Å². The van der Waals surface area contributed by atoms with Gasteiger partial charge in [-0.1, -0.05) is 33.1 Å². The van der Waals surface area contributed by atoms with Gasteiger partial charge in [0.15, 0.2) is 11.2 Å². The summed E-state index contributed by atoms with van der Waals surface area (Å²) in [6.45, 7) is 8.14. The molecule has 1 saturated heterocycles. The van der Waals surface area contributed by atoms with E-state index in [1.54, 1.807) is 14.1 Å². The first-order valence-corrected chi connectivity index (χ1v) is 10.3. The van der Waals surface area contributed by atoms with E-state index in [1.165, 1.54) is 34.8 Å². The molecule has 7 nitrogen and oxygen atoms in total. The van der Waals surface area contributed by atoms with E-state index in [1.807, 2.05) is 0 Å². The van der Waals surface area contributed by atoms with Crippen LogP contribution in [0, 0.1) is 5.92 Å². The standard InChI is InChI=1S/C20H33N5O2/c1-5-6-7-8-12-25-16(14-24-11-9-10-15(2)13-24)21-18-17(25)19(26)23(4)20(27)22(18)3/h15H,5-14H2,1-4H3/t15-/m1/s1. The Morgan fingerprint density at radius 1 is 1.11 bits per heavy atom. The van der Waals surface area contributed by atoms with Crippen LogP contribution in [0.5, 0.6) is 0 Å². The van der Waals surface area contributed by atoms with Gasteiger partial charge in [-0.3, -0.25) is 18.8 Å². The molecule has 0 spiro atoms. The van der Waals surface area contributed by atoms with E-state index in [0.29, 0.717) is 17.1 Å². The number of hydrogen-bond donors (Lipinski definition) is 0. The zero-order valence-corrected chi connectivity index (χ0v) is 17.2. The zero-order valence-electron chi connectivity index (χ0n) is 17.2. The van der Waals surface area contributed by atoms with Crippen molar-refractivity contribution in [2.24, 2.45) is 20.0 Å². The first-order chi connectivity index (χ1) is 12.9. The average molecular weight is 376 g/mol. The van der Waals surface area contributed by atoms with Crippen LogP contribution < -0.4 is 11.2 Å². The molecule has 27 heavy (non-hydrogen) atoms. The molecule has 7 heteroatoms. The summed E-state index contributed by atoms with van der Waals surface area (Å²) < 4.78 is 4.77. The van der Waals surface area contributed by atoms with Crippen LogP contribution in [0.15, 0.2) is 9.59 Å². The van der Waals surface area contributed by atoms with Gasteiger partial charge < -0.3 is 4.57 Å². The van der Waals surface area contributed by atoms with Gasteiger partial charge in [0.1, 0.15) is 5.82 Å². The molecule has 1 aliphatic rings. The number of imidazole rings is 1. The van der Waals surface area contributed by atoms with Gasteiger partial charge in [0, 0.05) is 27.2 Å². The second-order valence-electron chi connectivity index (χ2n) is 8.10. The van der Waals surface area contributed by atoms with Crippen molar-refractivity contribution in [1.29, 1.82) is 0 Å². The molecule has 1 fully saturated rings. The van der Waals surface area contributed by atoms with Crippen LogP contribution in [0.4, 0.5) is 0 Å². The molecule has 150 valence electrons. The highest BCUT2D eigenvalue weighted by molar-refractivity contribution is 5.71. The summed E-state index contributed by atoms with van der Waals surface area (Å²) in [4.78, 5) is 32.4. The summed E-state index contributed by atoms with van der Waals surface area (Å²) in [7, 11) is 3.25. The maximum absolute atomic E-state index is 12.8. The van der Waals surface area contributed by atoms with E-state index in [-0.39, 0.29) is 11.2 Å². The molecule has 3 rings (SSSR count). The van der Waals surface area contributed by atoms with Crippen molar-refractivity contribution in [3.8, 4) is 0 Å². The van der Waals surface area contributed by atoms with Crippen LogP contribution in [0.2, 0.25) is 0 Å². The maximum Gasteiger partial charge on any atom is 0.332 e. The Hall–Kier alpha value is -1.89. The molecule has 1 atom stereocenters. The van der Waals surface area contributed by atoms with Gasteiger partial charge in [0.05, 0.1) is 6.54 Å². The predicted octanol–water partition coefficient (Wildman–Crippen LogP) is 2.25. The van der Waals surface area contributed by atoms with Crippen LogP contribution in [0.25, 0.3) is 11.2 Å². The third kappa shape index (κ3) is 4.03. The van der Waals surface area contributed by atoms with E-state index < -0.39 is 0 Å². The van der Waals surface area contributed by atoms with Crippen molar-refractivity contribution < 1.29 is 0 Å². The number of aryl methyl sites for hydroxylation is 2. The quantitative estimate of drug-likeness (QED) is 0.696. The van der Waals surface area contributed by atoms with Crippen LogP contribution >= 0.6 is 0 Å². The lowest BCUT2D eigenvalue weighted by Gasteiger charge is -2.30. The minimum atomic E-state index is -0.318. The van der Waals surface area contributed by atoms with Gasteiger partial charge in [0.25, 0.3) is 5.56 Å². The number of aromatic nitrogens is 4. The highest BCUT2D eigenvalue weighted by Gasteiger charge is 2.22. The lowest BCUT2D eigenvalue weighted by atomic mass is 10.0. The molecule has 0 amide bonds. The fourth-order valence-corrected chi connectivity index (χ4v) is 4.18. The summed E-state index contributed by atoms with van der Waals surface area (Å²) in [6.07, 6.45) is 7.02. The molecule has 0 aromatic carbocycles. The highest BCUT2D eigenvalue weighted by atomic mass is 16.2. The number of hydrogen-bond acceptors (Lipinski definition) is 4. The van der Waals surface area contributed by atoms with Gasteiger partial charge in [-0.25, -0.2) is 9.78 Å². The van der Waals surface area contributed by atoms with E-state index in [0.717, 1.165) is 44.8 Å². The monoisotopic (exact) mass is 375 g/mol. The van der Waals surface area contributed by atoms with Gasteiger partial charge in [-0.2, -0.15) is 0 Å². The van der Waals surface area contributed by atoms with E-state index >= 15 is 0 Å². The smallest absolute Gasteiger partial charge is 0.321 e. The van der Waals surface area contributed by atoms with Crippen molar-refractivity contribution >= 4 is 11.2 Å². The highest BCUT2D eigenvalue weighted by Crippen LogP contribution is 2.20. The number of fused-ring (bicyclic) bond motifs is 1. The first kappa shape index (κ1) is 19.9. The van der Waals surface area contributed by atoms with E-state index in [9.17, 15) is 9.59 Å². The molecule has 0 bridgehead atoms. The molecular formula is C20H33N5O2. The number of likely N-dealkylation sites (tertiary alicyclic amines) is 1. The van der Waals surface area contributed by atoms with Gasteiger partial charge in [-0.05, 0) is 31.7 Å². The minimum Gasteiger partial charge on any atom is -0.321 e. The molecule has 0 N–H and O–H groups in total. The van der Waals surface area contributed by atoms with Crippen LogP contribution in [-0.4, -0.2) is 36.7 Å². The van der Waals surface area contributed by atoms with Gasteiger partial charge in [-0.15, -0.1) is 0 Å². The first-order valence-electron chi connectivity index (χ1n) is 10.3. The van der Waals surface area contributed by atoms with Crippen molar-refractivity contribution in [2.45, 2.75) is 65.5 Å². The summed E-state index contributed by atoms with van der Waals surface area (Å²) in [5, 5.41) is 0. The van der Waals surface area contributed by atoms with Crippen LogP contribution in [-0.2, 0) is 27.2 Å². The topological polar surface area (TPSA) is 65.1 Å². The van der Waals surface area contributed by atoms with Gasteiger partial charge >= 0.3 is 5.69 Å². The predicted molar refractivity (Wildman–Crippen MR) is 108 cm³/mol. The lowest BCUT2D eigenvalue weighted by molar-refractivity contribution is 0.171. The fourth-order valence-electron chi connectivity index (χ4n) is 4.18. The summed E-state index contributed by atoms with van der Waals surface area (Å²) in [5.41, 5.74) is 0.519. The molecule has 2 aromatic heterocycles. The summed E-state index contributed by atoms with van der Waals surface area (Å²) in [6, 6.07) is 0. The van der Waals surface area contributed by atoms with E-state index in [4.69, 9.17) is 4.98 Å². The van der Waals surface area contributed by atoms with Crippen molar-refractivity contribution in [1.82, 2.24) is 23.6 Å². The molecule has 0 aliphatic carbocycles. The Morgan fingerprint density at radius 2 is 1.89 bits per heavy atom. The summed E-state index contributed by atoms with van der Waals surface area (Å²) >= 11 is 0. The Morgan fingerprint density at radius 3 is 2.59 bits per heavy atom. The Labute approximate surface area is 160 Å². The van der Waals surface area contributed by atoms with Crippen LogP contribution in [0.1, 0.15) is 58.2 Å². The SMILES string of the molecule is CCCCCCn1c(CN2CCC[C@@H](C)C2)nc2c1c(=O)n(C)c(=O)n2C. The minimum absolute atomic E-state index is 0.241. The van der Waals surface area contributed by atoms with Crippen LogP contribution in [0.3, 0.4) is 0 Å². The average Bonchev–Trinajstić information content (AvgIpc) is 3.00. The second-order valence-corrected chi connectivity index (χ2v) is 8.10. The molecule has 1 aliphatic heterocycles. The van der Waals surface area contributed by atoms with Crippen molar-refractivity contribution in [3.63, 3.8) is 0 Å². The summed E-state index contributed by atoms with van der Waals surface area (Å²) in [5.74, 6) is 1.60. The molecule has 0 radical (unpaired) electrons. The van der Waals surface area contributed by atoms with Gasteiger partial charge in [0.2, 0.25) is 0 Å². The molecule has 3 heterocycles. The largest absolute Gasteiger partial charge is 0.332 e. The lowest BCUT2D eigenvalue weighted by Crippen LogP contribution is -2.37. The Balaban J connectivity index is 2.02. The van der Waals surface area contributed by atoms with Crippen molar-refractivity contribution in [3.05, 3.63) is 26.7 Å². The second kappa shape index (κ2) is 8.42. The molecule has 0 unspecified atom stereocenters. The Bertz CT molecular complexity index is 908. The van der Waals surface area contributed by atoms with E-state index in [2.05, 4.69) is 23.3 Å². The zero-order chi connectivity index (χ0) is 19.6. The Kier molecular flexibility index (Phi) is 6.19. The number of unbranched alkanes of at least 4 members (excludes halogenated alkanes) is 3. The number of rotatable bonds is 7. The number of nitrogens with zero attached hydrogens (tertiary/aromatic N) is 5. The normalized spacial score (nSPS) is 18.4. The maximum atomic E-state index is 12.8. The molecular weight excluding hydrogens is 342 g/mol. The fraction of sp³-hybridized carbons (Fsp3) is 0.750. The molecule has 2 aromatic rings.